The first-order chi connectivity index (χ1) is 8.18. The summed E-state index contributed by atoms with van der Waals surface area (Å²) < 4.78 is 0. The van der Waals surface area contributed by atoms with Crippen molar-refractivity contribution in [2.75, 3.05) is 0 Å². The van der Waals surface area contributed by atoms with E-state index in [-0.39, 0.29) is 5.75 Å². The molecule has 0 aliphatic heterocycles. The van der Waals surface area contributed by atoms with Gasteiger partial charge in [0.1, 0.15) is 5.75 Å². The van der Waals surface area contributed by atoms with Crippen molar-refractivity contribution >= 4 is 11.6 Å². The Hall–Kier alpha value is -2.16. The van der Waals surface area contributed by atoms with Crippen LogP contribution in [0.15, 0.2) is 48.1 Å². The fourth-order valence-electron chi connectivity index (χ4n) is 1.66. The van der Waals surface area contributed by atoms with Gasteiger partial charge >= 0.3 is 0 Å². The Labute approximate surface area is 99.1 Å². The summed E-state index contributed by atoms with van der Waals surface area (Å²) in [6.07, 6.45) is 7.05. The van der Waals surface area contributed by atoms with Crippen LogP contribution >= 0.6 is 0 Å². The number of hydrogen-bond acceptors (Lipinski definition) is 3. The predicted octanol–water partition coefficient (Wildman–Crippen LogP) is 2.42. The van der Waals surface area contributed by atoms with Gasteiger partial charge in [-0.2, -0.15) is 0 Å². The molecule has 2 rings (SSSR count). The molecule has 3 heteroatoms. The number of carbonyl (C=O) groups is 2. The standard InChI is InChI=1S/C14H12O3/c15-12-8-6-11(7-9-12)14(17)13(16)10-4-2-1-3-5-10/h2,4-9,15H,1,3H2. The highest BCUT2D eigenvalue weighted by Crippen LogP contribution is 2.15. The molecule has 0 radical (unpaired) electrons. The minimum Gasteiger partial charge on any atom is -0.508 e. The highest BCUT2D eigenvalue weighted by molar-refractivity contribution is 6.49. The SMILES string of the molecule is O=C(C(=O)c1ccc(O)cc1)C1=CCCC=C1. The van der Waals surface area contributed by atoms with Gasteiger partial charge in [0.25, 0.3) is 0 Å². The number of Topliss-reactive ketones (excluding diaryl/α,β-unsaturated/α-hetero) is 2. The van der Waals surface area contributed by atoms with Gasteiger partial charge in [0.15, 0.2) is 0 Å². The molecule has 1 aliphatic carbocycles. The summed E-state index contributed by atoms with van der Waals surface area (Å²) in [4.78, 5) is 23.7. The molecule has 1 aromatic rings. The van der Waals surface area contributed by atoms with Crippen molar-refractivity contribution in [2.45, 2.75) is 12.8 Å². The monoisotopic (exact) mass is 228 g/mol. The molecule has 17 heavy (non-hydrogen) atoms. The Morgan fingerprint density at radius 3 is 2.29 bits per heavy atom. The zero-order valence-corrected chi connectivity index (χ0v) is 9.22. The van der Waals surface area contributed by atoms with Gasteiger partial charge in [0.05, 0.1) is 0 Å². The number of ketones is 2. The molecule has 0 atom stereocenters. The first-order valence-corrected chi connectivity index (χ1v) is 5.43. The fourth-order valence-corrected chi connectivity index (χ4v) is 1.66. The predicted molar refractivity (Wildman–Crippen MR) is 63.9 cm³/mol. The highest BCUT2D eigenvalue weighted by Gasteiger charge is 2.19. The molecule has 1 aromatic carbocycles. The van der Waals surface area contributed by atoms with E-state index in [1.165, 1.54) is 24.3 Å². The molecule has 0 heterocycles. The molecular weight excluding hydrogens is 216 g/mol. The third-order valence-electron chi connectivity index (χ3n) is 2.59. The van der Waals surface area contributed by atoms with E-state index in [2.05, 4.69) is 0 Å². The van der Waals surface area contributed by atoms with Crippen LogP contribution in [-0.4, -0.2) is 16.7 Å². The van der Waals surface area contributed by atoms with Gasteiger partial charge in [-0.25, -0.2) is 0 Å². The number of benzene rings is 1. The van der Waals surface area contributed by atoms with Crippen molar-refractivity contribution in [2.24, 2.45) is 0 Å². The second-order valence-electron chi connectivity index (χ2n) is 3.84. The zero-order chi connectivity index (χ0) is 12.3. The lowest BCUT2D eigenvalue weighted by Crippen LogP contribution is -2.16. The van der Waals surface area contributed by atoms with Crippen LogP contribution in [0.4, 0.5) is 0 Å². The molecule has 0 unspecified atom stereocenters. The summed E-state index contributed by atoms with van der Waals surface area (Å²) in [7, 11) is 0. The van der Waals surface area contributed by atoms with E-state index in [9.17, 15) is 9.59 Å². The van der Waals surface area contributed by atoms with E-state index >= 15 is 0 Å². The molecule has 0 bridgehead atoms. The number of phenols is 1. The first kappa shape index (κ1) is 11.3. The van der Waals surface area contributed by atoms with Crippen LogP contribution in [0.1, 0.15) is 23.2 Å². The summed E-state index contributed by atoms with van der Waals surface area (Å²) in [5.74, 6) is -0.958. The van der Waals surface area contributed by atoms with E-state index in [4.69, 9.17) is 5.11 Å². The minimum atomic E-state index is -0.539. The third-order valence-corrected chi connectivity index (χ3v) is 2.59. The smallest absolute Gasteiger partial charge is 0.233 e. The normalized spacial score (nSPS) is 14.2. The molecule has 1 N–H and O–H groups in total. The molecule has 0 amide bonds. The third kappa shape index (κ3) is 2.50. The van der Waals surface area contributed by atoms with Gasteiger partial charge in [-0.3, -0.25) is 9.59 Å². The highest BCUT2D eigenvalue weighted by atomic mass is 16.3. The quantitative estimate of drug-likeness (QED) is 0.638. The van der Waals surface area contributed by atoms with Crippen molar-refractivity contribution in [3.05, 3.63) is 53.6 Å². The van der Waals surface area contributed by atoms with Gasteiger partial charge in [0, 0.05) is 11.1 Å². The Bertz CT molecular complexity index is 507. The van der Waals surface area contributed by atoms with Crippen LogP contribution < -0.4 is 0 Å². The number of carbonyl (C=O) groups excluding carboxylic acids is 2. The maximum absolute atomic E-state index is 11.9. The van der Waals surface area contributed by atoms with Gasteiger partial charge in [-0.15, -0.1) is 0 Å². The number of phenolic OH excluding ortho intramolecular Hbond substituents is 1. The number of rotatable bonds is 3. The van der Waals surface area contributed by atoms with Gasteiger partial charge in [0.2, 0.25) is 11.6 Å². The van der Waals surface area contributed by atoms with Crippen LogP contribution in [0.2, 0.25) is 0 Å². The second kappa shape index (κ2) is 4.78. The van der Waals surface area contributed by atoms with Crippen molar-refractivity contribution < 1.29 is 14.7 Å². The molecule has 0 spiro atoms. The van der Waals surface area contributed by atoms with Gasteiger partial charge < -0.3 is 5.11 Å². The second-order valence-corrected chi connectivity index (χ2v) is 3.84. The van der Waals surface area contributed by atoms with Crippen LogP contribution in [0.3, 0.4) is 0 Å². The van der Waals surface area contributed by atoms with Crippen LogP contribution in [0.5, 0.6) is 5.75 Å². The summed E-state index contributed by atoms with van der Waals surface area (Å²) in [5.41, 5.74) is 0.752. The lowest BCUT2D eigenvalue weighted by atomic mass is 9.97. The number of allylic oxidation sites excluding steroid dienone is 4. The number of aromatic hydroxyl groups is 1. The fraction of sp³-hybridized carbons (Fsp3) is 0.143. The Kier molecular flexibility index (Phi) is 3.19. The van der Waals surface area contributed by atoms with E-state index in [0.29, 0.717) is 11.1 Å². The summed E-state index contributed by atoms with van der Waals surface area (Å²) in [5, 5.41) is 9.11. The lowest BCUT2D eigenvalue weighted by Gasteiger charge is -2.05. The maximum atomic E-state index is 11.9. The molecule has 0 saturated heterocycles. The summed E-state index contributed by atoms with van der Waals surface area (Å²) >= 11 is 0. The van der Waals surface area contributed by atoms with E-state index in [1.54, 1.807) is 12.2 Å². The topological polar surface area (TPSA) is 54.4 Å². The van der Waals surface area contributed by atoms with Crippen LogP contribution in [-0.2, 0) is 4.79 Å². The molecule has 0 fully saturated rings. The number of hydrogen-bond donors (Lipinski definition) is 1. The van der Waals surface area contributed by atoms with Crippen molar-refractivity contribution in [3.63, 3.8) is 0 Å². The summed E-state index contributed by atoms with van der Waals surface area (Å²) in [6.45, 7) is 0. The largest absolute Gasteiger partial charge is 0.508 e. The maximum Gasteiger partial charge on any atom is 0.233 e. The first-order valence-electron chi connectivity index (χ1n) is 5.43. The molecular formula is C14H12O3. The molecule has 86 valence electrons. The van der Waals surface area contributed by atoms with Crippen LogP contribution in [0, 0.1) is 0 Å². The Balaban J connectivity index is 2.20. The van der Waals surface area contributed by atoms with Crippen LogP contribution in [0.25, 0.3) is 0 Å². The van der Waals surface area contributed by atoms with E-state index < -0.39 is 11.6 Å². The molecule has 0 saturated carbocycles. The summed E-state index contributed by atoms with van der Waals surface area (Å²) in [6, 6.07) is 5.68. The minimum absolute atomic E-state index is 0.0748. The molecule has 1 aliphatic rings. The molecule has 3 nitrogen and oxygen atoms in total. The van der Waals surface area contributed by atoms with E-state index in [0.717, 1.165) is 12.8 Å². The Morgan fingerprint density at radius 1 is 1.00 bits per heavy atom. The van der Waals surface area contributed by atoms with E-state index in [1.807, 2.05) is 6.08 Å². The van der Waals surface area contributed by atoms with Crippen molar-refractivity contribution in [1.82, 2.24) is 0 Å². The van der Waals surface area contributed by atoms with Gasteiger partial charge in [-0.05, 0) is 37.1 Å². The average molecular weight is 228 g/mol. The zero-order valence-electron chi connectivity index (χ0n) is 9.22. The lowest BCUT2D eigenvalue weighted by molar-refractivity contribution is -0.111. The van der Waals surface area contributed by atoms with Crippen molar-refractivity contribution in [1.29, 1.82) is 0 Å². The van der Waals surface area contributed by atoms with Crippen molar-refractivity contribution in [3.8, 4) is 5.75 Å². The average Bonchev–Trinajstić information content (AvgIpc) is 2.39. The molecule has 0 aromatic heterocycles. The Morgan fingerprint density at radius 2 is 1.71 bits per heavy atom. The van der Waals surface area contributed by atoms with Gasteiger partial charge in [-0.1, -0.05) is 18.2 Å².